The van der Waals surface area contributed by atoms with E-state index in [1.807, 2.05) is 32.0 Å². The summed E-state index contributed by atoms with van der Waals surface area (Å²) < 4.78 is 10.7. The van der Waals surface area contributed by atoms with Gasteiger partial charge < -0.3 is 9.47 Å². The lowest BCUT2D eigenvalue weighted by molar-refractivity contribution is -0.155. The number of hydrogen-bond donors (Lipinski definition) is 1. The van der Waals surface area contributed by atoms with Gasteiger partial charge in [-0.05, 0) is 19.4 Å². The van der Waals surface area contributed by atoms with Crippen LogP contribution in [0.3, 0.4) is 0 Å². The zero-order valence-electron chi connectivity index (χ0n) is 9.40. The van der Waals surface area contributed by atoms with Gasteiger partial charge in [0.1, 0.15) is 0 Å². The summed E-state index contributed by atoms with van der Waals surface area (Å²) in [5.41, 5.74) is 1.22. The Morgan fingerprint density at radius 1 is 1.07 bits per heavy atom. The summed E-state index contributed by atoms with van der Waals surface area (Å²) in [4.78, 5) is 0. The molecule has 15 heavy (non-hydrogen) atoms. The highest BCUT2D eigenvalue weighted by Gasteiger charge is 2.05. The first kappa shape index (κ1) is 12.2. The number of benzene rings is 1. The molecule has 0 heterocycles. The van der Waals surface area contributed by atoms with Gasteiger partial charge in [-0.15, -0.1) is 0 Å². The summed E-state index contributed by atoms with van der Waals surface area (Å²) >= 11 is 0. The molecular weight excluding hydrogens is 190 g/mol. The van der Waals surface area contributed by atoms with Crippen molar-refractivity contribution in [1.29, 1.82) is 0 Å². The van der Waals surface area contributed by atoms with E-state index in [1.54, 1.807) is 0 Å². The van der Waals surface area contributed by atoms with Gasteiger partial charge in [0.2, 0.25) is 6.41 Å². The van der Waals surface area contributed by atoms with Crippen LogP contribution >= 0.6 is 0 Å². The summed E-state index contributed by atoms with van der Waals surface area (Å²) in [5, 5.41) is 3.19. The van der Waals surface area contributed by atoms with Crippen molar-refractivity contribution >= 4 is 0 Å². The molecule has 1 N–H and O–H groups in total. The molecule has 0 bridgehead atoms. The summed E-state index contributed by atoms with van der Waals surface area (Å²) in [5.74, 6) is 0. The van der Waals surface area contributed by atoms with Crippen molar-refractivity contribution < 1.29 is 9.47 Å². The molecule has 0 aliphatic rings. The molecule has 1 aromatic rings. The van der Waals surface area contributed by atoms with Crippen molar-refractivity contribution in [1.82, 2.24) is 5.32 Å². The van der Waals surface area contributed by atoms with Gasteiger partial charge in [-0.1, -0.05) is 30.3 Å². The first-order valence-electron chi connectivity index (χ1n) is 5.37. The molecule has 0 amide bonds. The number of ether oxygens (including phenoxy) is 2. The average molecular weight is 209 g/mol. The molecule has 0 spiro atoms. The SMILES string of the molecule is CCOC(NCc1ccccc1)OCC. The van der Waals surface area contributed by atoms with Crippen LogP contribution in [0.15, 0.2) is 30.3 Å². The fourth-order valence-electron chi connectivity index (χ4n) is 1.27. The Labute approximate surface area is 91.4 Å². The molecule has 0 saturated heterocycles. The van der Waals surface area contributed by atoms with Gasteiger partial charge in [0.25, 0.3) is 0 Å². The van der Waals surface area contributed by atoms with Crippen molar-refractivity contribution in [3.05, 3.63) is 35.9 Å². The van der Waals surface area contributed by atoms with E-state index >= 15 is 0 Å². The minimum Gasteiger partial charge on any atom is -0.340 e. The van der Waals surface area contributed by atoms with Crippen LogP contribution in [-0.2, 0) is 16.0 Å². The maximum absolute atomic E-state index is 5.37. The van der Waals surface area contributed by atoms with Gasteiger partial charge in [-0.25, -0.2) is 0 Å². The fourth-order valence-corrected chi connectivity index (χ4v) is 1.27. The predicted octanol–water partition coefficient (Wildman–Crippen LogP) is 2.13. The fraction of sp³-hybridized carbons (Fsp3) is 0.500. The molecule has 0 unspecified atom stereocenters. The van der Waals surface area contributed by atoms with E-state index in [0.717, 1.165) is 6.54 Å². The van der Waals surface area contributed by atoms with E-state index < -0.39 is 0 Å². The summed E-state index contributed by atoms with van der Waals surface area (Å²) in [6.07, 6.45) is -0.305. The largest absolute Gasteiger partial charge is 0.340 e. The lowest BCUT2D eigenvalue weighted by Crippen LogP contribution is -2.34. The van der Waals surface area contributed by atoms with Crippen LogP contribution < -0.4 is 5.32 Å². The number of nitrogens with one attached hydrogen (secondary N) is 1. The minimum absolute atomic E-state index is 0.305. The van der Waals surface area contributed by atoms with E-state index in [0.29, 0.717) is 13.2 Å². The van der Waals surface area contributed by atoms with Crippen LogP contribution in [0.1, 0.15) is 19.4 Å². The van der Waals surface area contributed by atoms with Crippen LogP contribution in [0.5, 0.6) is 0 Å². The molecule has 84 valence electrons. The molecular formula is C12H19NO2. The van der Waals surface area contributed by atoms with Crippen LogP contribution in [0.25, 0.3) is 0 Å². The maximum Gasteiger partial charge on any atom is 0.216 e. The zero-order chi connectivity index (χ0) is 10.9. The Morgan fingerprint density at radius 3 is 2.20 bits per heavy atom. The van der Waals surface area contributed by atoms with E-state index in [1.165, 1.54) is 5.56 Å². The molecule has 3 nitrogen and oxygen atoms in total. The summed E-state index contributed by atoms with van der Waals surface area (Å²) in [6, 6.07) is 10.2. The van der Waals surface area contributed by atoms with E-state index in [2.05, 4.69) is 17.4 Å². The number of hydrogen-bond acceptors (Lipinski definition) is 3. The third kappa shape index (κ3) is 4.93. The second-order valence-corrected chi connectivity index (χ2v) is 3.11. The Hall–Kier alpha value is -0.900. The van der Waals surface area contributed by atoms with Crippen molar-refractivity contribution in [3.8, 4) is 0 Å². The van der Waals surface area contributed by atoms with Crippen molar-refractivity contribution in [2.24, 2.45) is 0 Å². The van der Waals surface area contributed by atoms with Crippen molar-refractivity contribution in [2.45, 2.75) is 26.8 Å². The molecule has 3 heteroatoms. The zero-order valence-corrected chi connectivity index (χ0v) is 9.40. The Kier molecular flexibility index (Phi) is 6.00. The Morgan fingerprint density at radius 2 is 1.67 bits per heavy atom. The highest BCUT2D eigenvalue weighted by atomic mass is 16.7. The molecule has 1 aromatic carbocycles. The quantitative estimate of drug-likeness (QED) is 0.698. The predicted molar refractivity (Wildman–Crippen MR) is 60.3 cm³/mol. The molecule has 0 atom stereocenters. The minimum atomic E-state index is -0.305. The lowest BCUT2D eigenvalue weighted by atomic mass is 10.2. The molecule has 0 saturated carbocycles. The second-order valence-electron chi connectivity index (χ2n) is 3.11. The van der Waals surface area contributed by atoms with Gasteiger partial charge in [-0.2, -0.15) is 0 Å². The van der Waals surface area contributed by atoms with Crippen molar-refractivity contribution in [2.75, 3.05) is 13.2 Å². The lowest BCUT2D eigenvalue weighted by Gasteiger charge is -2.18. The molecule has 1 rings (SSSR count). The maximum atomic E-state index is 5.37. The highest BCUT2D eigenvalue weighted by Crippen LogP contribution is 1.99. The van der Waals surface area contributed by atoms with Gasteiger partial charge in [-0.3, -0.25) is 5.32 Å². The first-order valence-corrected chi connectivity index (χ1v) is 5.37. The molecule has 0 aliphatic heterocycles. The average Bonchev–Trinajstić information content (AvgIpc) is 2.28. The van der Waals surface area contributed by atoms with Crippen LogP contribution in [0.4, 0.5) is 0 Å². The standard InChI is InChI=1S/C12H19NO2/c1-3-14-12(15-4-2)13-10-11-8-6-5-7-9-11/h5-9,12-13H,3-4,10H2,1-2H3. The Balaban J connectivity index is 2.33. The van der Waals surface area contributed by atoms with Gasteiger partial charge in [0, 0.05) is 19.8 Å². The van der Waals surface area contributed by atoms with E-state index in [9.17, 15) is 0 Å². The summed E-state index contributed by atoms with van der Waals surface area (Å²) in [7, 11) is 0. The van der Waals surface area contributed by atoms with E-state index in [4.69, 9.17) is 9.47 Å². The molecule has 0 aliphatic carbocycles. The van der Waals surface area contributed by atoms with Crippen molar-refractivity contribution in [3.63, 3.8) is 0 Å². The summed E-state index contributed by atoms with van der Waals surface area (Å²) in [6.45, 7) is 5.96. The van der Waals surface area contributed by atoms with Crippen LogP contribution in [0, 0.1) is 0 Å². The number of rotatable bonds is 7. The molecule has 0 fully saturated rings. The molecule has 0 aromatic heterocycles. The van der Waals surface area contributed by atoms with E-state index in [-0.39, 0.29) is 6.41 Å². The molecule has 0 radical (unpaired) electrons. The van der Waals surface area contributed by atoms with Gasteiger partial charge >= 0.3 is 0 Å². The second kappa shape index (κ2) is 7.40. The van der Waals surface area contributed by atoms with Gasteiger partial charge in [0.15, 0.2) is 0 Å². The third-order valence-electron chi connectivity index (χ3n) is 1.95. The highest BCUT2D eigenvalue weighted by molar-refractivity contribution is 5.14. The third-order valence-corrected chi connectivity index (χ3v) is 1.95. The normalized spacial score (nSPS) is 10.9. The van der Waals surface area contributed by atoms with Gasteiger partial charge in [0.05, 0.1) is 0 Å². The first-order chi connectivity index (χ1) is 7.36. The Bertz CT molecular complexity index is 245. The van der Waals surface area contributed by atoms with Crippen LogP contribution in [0.2, 0.25) is 0 Å². The van der Waals surface area contributed by atoms with Crippen LogP contribution in [-0.4, -0.2) is 19.6 Å². The monoisotopic (exact) mass is 209 g/mol. The topological polar surface area (TPSA) is 30.5 Å². The smallest absolute Gasteiger partial charge is 0.216 e.